The first-order valence-corrected chi connectivity index (χ1v) is 14.2. The van der Waals surface area contributed by atoms with E-state index >= 15 is 0 Å². The SMILES string of the molecule is O=C(Nc1ccc(N2CCN(C(=O)CCCCC3CCSS3)CC2)cc1)c1cccs1. The van der Waals surface area contributed by atoms with E-state index in [0.29, 0.717) is 17.2 Å². The number of rotatable bonds is 8. The van der Waals surface area contributed by atoms with Gasteiger partial charge in [0.05, 0.1) is 4.88 Å². The second-order valence-electron chi connectivity index (χ2n) is 7.92. The monoisotopic (exact) mass is 475 g/mol. The van der Waals surface area contributed by atoms with Crippen molar-refractivity contribution in [3.8, 4) is 0 Å². The molecular formula is C23H29N3O2S3. The zero-order valence-electron chi connectivity index (χ0n) is 17.6. The summed E-state index contributed by atoms with van der Waals surface area (Å²) in [6.07, 6.45) is 5.44. The molecule has 4 rings (SSSR count). The lowest BCUT2D eigenvalue weighted by Crippen LogP contribution is -2.48. The molecule has 166 valence electrons. The largest absolute Gasteiger partial charge is 0.368 e. The van der Waals surface area contributed by atoms with Crippen molar-refractivity contribution in [1.29, 1.82) is 0 Å². The average molecular weight is 476 g/mol. The molecule has 0 bridgehead atoms. The second-order valence-corrected chi connectivity index (χ2v) is 11.7. The number of carbonyl (C=O) groups excluding carboxylic acids is 2. The molecule has 2 aliphatic heterocycles. The van der Waals surface area contributed by atoms with E-state index in [1.54, 1.807) is 0 Å². The number of hydrogen-bond acceptors (Lipinski definition) is 6. The predicted molar refractivity (Wildman–Crippen MR) is 134 cm³/mol. The molecule has 2 fully saturated rings. The van der Waals surface area contributed by atoms with E-state index < -0.39 is 0 Å². The Labute approximate surface area is 196 Å². The van der Waals surface area contributed by atoms with Gasteiger partial charge in [-0.15, -0.1) is 11.3 Å². The minimum atomic E-state index is -0.0734. The van der Waals surface area contributed by atoms with Crippen molar-refractivity contribution in [2.75, 3.05) is 42.1 Å². The fourth-order valence-electron chi connectivity index (χ4n) is 3.94. The fourth-order valence-corrected chi connectivity index (χ4v) is 7.59. The Hall–Kier alpha value is -1.64. The van der Waals surface area contributed by atoms with Crippen LogP contribution in [0.3, 0.4) is 0 Å². The maximum absolute atomic E-state index is 12.5. The van der Waals surface area contributed by atoms with E-state index in [1.807, 2.05) is 68.3 Å². The number of nitrogens with one attached hydrogen (secondary N) is 1. The minimum Gasteiger partial charge on any atom is -0.368 e. The van der Waals surface area contributed by atoms with Crippen LogP contribution in [0, 0.1) is 0 Å². The van der Waals surface area contributed by atoms with Gasteiger partial charge in [0, 0.05) is 55.0 Å². The zero-order valence-corrected chi connectivity index (χ0v) is 20.1. The Morgan fingerprint density at radius 1 is 1.03 bits per heavy atom. The molecule has 2 aliphatic rings. The van der Waals surface area contributed by atoms with Crippen LogP contribution in [0.4, 0.5) is 11.4 Å². The standard InChI is InChI=1S/C23H29N3O2S3/c27-22(6-2-1-4-20-11-17-30-31-20)26-14-12-25(13-15-26)19-9-7-18(8-10-19)24-23(28)21-5-3-16-29-21/h3,5,7-10,16,20H,1-2,4,6,11-15,17H2,(H,24,28). The van der Waals surface area contributed by atoms with E-state index in [9.17, 15) is 9.59 Å². The number of nitrogens with zero attached hydrogens (tertiary/aromatic N) is 2. The Morgan fingerprint density at radius 3 is 2.52 bits per heavy atom. The Kier molecular flexibility index (Phi) is 8.21. The number of benzene rings is 1. The van der Waals surface area contributed by atoms with Gasteiger partial charge in [-0.25, -0.2) is 0 Å². The number of amides is 2. The maximum atomic E-state index is 12.5. The van der Waals surface area contributed by atoms with E-state index in [2.05, 4.69) is 10.2 Å². The lowest BCUT2D eigenvalue weighted by molar-refractivity contribution is -0.131. The van der Waals surface area contributed by atoms with Gasteiger partial charge < -0.3 is 15.1 Å². The second kappa shape index (κ2) is 11.3. The predicted octanol–water partition coefficient (Wildman–Crippen LogP) is 5.36. The molecule has 1 unspecified atom stereocenters. The Morgan fingerprint density at radius 2 is 1.84 bits per heavy atom. The summed E-state index contributed by atoms with van der Waals surface area (Å²) in [7, 11) is 4.01. The summed E-state index contributed by atoms with van der Waals surface area (Å²) in [4.78, 5) is 29.8. The van der Waals surface area contributed by atoms with Crippen LogP contribution in [-0.2, 0) is 4.79 Å². The molecule has 1 N–H and O–H groups in total. The van der Waals surface area contributed by atoms with Gasteiger partial charge in [-0.05, 0) is 55.0 Å². The smallest absolute Gasteiger partial charge is 0.265 e. The van der Waals surface area contributed by atoms with Gasteiger partial charge >= 0.3 is 0 Å². The van der Waals surface area contributed by atoms with Crippen LogP contribution in [0.1, 0.15) is 41.8 Å². The molecule has 0 spiro atoms. The molecule has 31 heavy (non-hydrogen) atoms. The highest BCUT2D eigenvalue weighted by Gasteiger charge is 2.21. The number of anilines is 2. The van der Waals surface area contributed by atoms with Gasteiger partial charge in [-0.3, -0.25) is 9.59 Å². The number of piperazine rings is 1. The highest BCUT2D eigenvalue weighted by molar-refractivity contribution is 8.77. The van der Waals surface area contributed by atoms with E-state index in [0.717, 1.165) is 49.2 Å². The van der Waals surface area contributed by atoms with Crippen LogP contribution >= 0.6 is 32.9 Å². The molecule has 3 heterocycles. The van der Waals surface area contributed by atoms with Crippen LogP contribution in [0.5, 0.6) is 0 Å². The molecule has 8 heteroatoms. The number of thiophene rings is 1. The van der Waals surface area contributed by atoms with Crippen molar-refractivity contribution in [2.45, 2.75) is 37.4 Å². The summed E-state index contributed by atoms with van der Waals surface area (Å²) in [5, 5.41) is 5.64. The van der Waals surface area contributed by atoms with Crippen molar-refractivity contribution in [3.05, 3.63) is 46.7 Å². The van der Waals surface area contributed by atoms with Gasteiger partial charge in [0.1, 0.15) is 0 Å². The minimum absolute atomic E-state index is 0.0734. The van der Waals surface area contributed by atoms with Crippen molar-refractivity contribution in [1.82, 2.24) is 4.90 Å². The number of hydrogen-bond donors (Lipinski definition) is 1. The first-order chi connectivity index (χ1) is 15.2. The summed E-state index contributed by atoms with van der Waals surface area (Å²) < 4.78 is 0. The summed E-state index contributed by atoms with van der Waals surface area (Å²) in [5.41, 5.74) is 1.93. The van der Waals surface area contributed by atoms with E-state index in [-0.39, 0.29) is 5.91 Å². The van der Waals surface area contributed by atoms with Crippen LogP contribution in [0.25, 0.3) is 0 Å². The lowest BCUT2D eigenvalue weighted by Gasteiger charge is -2.36. The van der Waals surface area contributed by atoms with Gasteiger partial charge in [-0.1, -0.05) is 34.1 Å². The molecule has 2 amide bonds. The average Bonchev–Trinajstić information content (AvgIpc) is 3.52. The normalized spacial score (nSPS) is 18.9. The first-order valence-electron chi connectivity index (χ1n) is 10.9. The third-order valence-corrected chi connectivity index (χ3v) is 9.64. The number of carbonyl (C=O) groups is 2. The molecule has 0 radical (unpaired) electrons. The van der Waals surface area contributed by atoms with Crippen molar-refractivity contribution < 1.29 is 9.59 Å². The van der Waals surface area contributed by atoms with Gasteiger partial charge in [0.15, 0.2) is 0 Å². The molecule has 1 aromatic heterocycles. The van der Waals surface area contributed by atoms with Gasteiger partial charge in [0.2, 0.25) is 5.91 Å². The fraction of sp³-hybridized carbons (Fsp3) is 0.478. The van der Waals surface area contributed by atoms with Crippen molar-refractivity contribution in [3.63, 3.8) is 0 Å². The van der Waals surface area contributed by atoms with Crippen LogP contribution in [0.15, 0.2) is 41.8 Å². The topological polar surface area (TPSA) is 52.7 Å². The summed E-state index contributed by atoms with van der Waals surface area (Å²) in [6.45, 7) is 3.26. The highest BCUT2D eigenvalue weighted by Crippen LogP contribution is 2.39. The molecule has 0 aliphatic carbocycles. The van der Waals surface area contributed by atoms with Gasteiger partial charge in [0.25, 0.3) is 5.91 Å². The molecule has 5 nitrogen and oxygen atoms in total. The molecular weight excluding hydrogens is 446 g/mol. The maximum Gasteiger partial charge on any atom is 0.265 e. The van der Waals surface area contributed by atoms with Crippen LogP contribution < -0.4 is 10.2 Å². The Balaban J connectivity index is 1.17. The van der Waals surface area contributed by atoms with Crippen LogP contribution in [0.2, 0.25) is 0 Å². The zero-order chi connectivity index (χ0) is 21.5. The quantitative estimate of drug-likeness (QED) is 0.411. The summed E-state index contributed by atoms with van der Waals surface area (Å²) >= 11 is 1.44. The molecule has 0 saturated carbocycles. The molecule has 2 aromatic rings. The summed E-state index contributed by atoms with van der Waals surface area (Å²) in [6, 6.07) is 11.7. The third-order valence-electron chi connectivity index (χ3n) is 5.76. The van der Waals surface area contributed by atoms with Crippen molar-refractivity contribution in [2.24, 2.45) is 0 Å². The van der Waals surface area contributed by atoms with E-state index in [4.69, 9.17) is 0 Å². The lowest BCUT2D eigenvalue weighted by atomic mass is 10.1. The number of unbranched alkanes of at least 4 members (excludes halogenated alkanes) is 1. The van der Waals surface area contributed by atoms with E-state index in [1.165, 1.54) is 36.4 Å². The highest BCUT2D eigenvalue weighted by atomic mass is 33.1. The molecule has 1 aromatic carbocycles. The summed E-state index contributed by atoms with van der Waals surface area (Å²) in [5.74, 6) is 1.51. The third kappa shape index (κ3) is 6.43. The van der Waals surface area contributed by atoms with Crippen LogP contribution in [-0.4, -0.2) is 53.9 Å². The first kappa shape index (κ1) is 22.6. The van der Waals surface area contributed by atoms with Crippen molar-refractivity contribution >= 4 is 56.1 Å². The molecule has 2 saturated heterocycles. The Bertz CT molecular complexity index is 843. The van der Waals surface area contributed by atoms with Gasteiger partial charge in [-0.2, -0.15) is 0 Å². The molecule has 1 atom stereocenters.